The molecule has 0 saturated carbocycles. The number of aromatic nitrogens is 1. The van der Waals surface area contributed by atoms with E-state index in [0.717, 1.165) is 5.69 Å². The number of benzene rings is 1. The first-order valence-electron chi connectivity index (χ1n) is 5.28. The highest BCUT2D eigenvalue weighted by Crippen LogP contribution is 2.19. The molecule has 0 unspecified atom stereocenters. The first kappa shape index (κ1) is 11.3. The summed E-state index contributed by atoms with van der Waals surface area (Å²) in [5.41, 5.74) is 1.37. The Hall–Kier alpha value is -2.23. The third-order valence-corrected chi connectivity index (χ3v) is 2.70. The smallest absolute Gasteiger partial charge is 0.274 e. The number of phenols is 1. The Morgan fingerprint density at radius 3 is 2.41 bits per heavy atom. The van der Waals surface area contributed by atoms with Crippen LogP contribution in [0.4, 0.5) is 5.69 Å². The van der Waals surface area contributed by atoms with Gasteiger partial charge in [-0.25, -0.2) is 0 Å². The molecular weight excluding hydrogens is 216 g/mol. The molecule has 0 radical (unpaired) electrons. The van der Waals surface area contributed by atoms with E-state index in [-0.39, 0.29) is 11.7 Å². The standard InChI is InChI=1S/C13H14N2O2/c1-14-9-3-4-12(14)13(17)15(2)10-5-7-11(16)8-6-10/h3-9,16H,1-2H3. The first-order chi connectivity index (χ1) is 8.09. The SMILES string of the molecule is CN(C(=O)c1cccn1C)c1ccc(O)cc1. The number of phenolic OH excluding ortho intramolecular Hbond substituents is 1. The van der Waals surface area contributed by atoms with E-state index in [1.165, 1.54) is 0 Å². The third-order valence-electron chi connectivity index (χ3n) is 2.70. The Morgan fingerprint density at radius 1 is 1.24 bits per heavy atom. The highest BCUT2D eigenvalue weighted by molar-refractivity contribution is 6.04. The highest BCUT2D eigenvalue weighted by atomic mass is 16.3. The van der Waals surface area contributed by atoms with Crippen molar-refractivity contribution in [1.82, 2.24) is 4.57 Å². The van der Waals surface area contributed by atoms with Crippen LogP contribution in [0.15, 0.2) is 42.6 Å². The van der Waals surface area contributed by atoms with Crippen LogP contribution in [0.25, 0.3) is 0 Å². The van der Waals surface area contributed by atoms with Gasteiger partial charge in [-0.3, -0.25) is 4.79 Å². The quantitative estimate of drug-likeness (QED) is 0.857. The van der Waals surface area contributed by atoms with E-state index in [2.05, 4.69) is 0 Å². The van der Waals surface area contributed by atoms with Crippen molar-refractivity contribution in [2.75, 3.05) is 11.9 Å². The second-order valence-electron chi connectivity index (χ2n) is 3.88. The van der Waals surface area contributed by atoms with Crippen molar-refractivity contribution in [3.63, 3.8) is 0 Å². The number of nitrogens with zero attached hydrogens (tertiary/aromatic N) is 2. The molecule has 2 aromatic rings. The molecular formula is C13H14N2O2. The van der Waals surface area contributed by atoms with Crippen LogP contribution in [-0.2, 0) is 7.05 Å². The van der Waals surface area contributed by atoms with E-state index < -0.39 is 0 Å². The van der Waals surface area contributed by atoms with Gasteiger partial charge in [0.2, 0.25) is 0 Å². The lowest BCUT2D eigenvalue weighted by Crippen LogP contribution is -2.27. The van der Waals surface area contributed by atoms with Crippen LogP contribution in [-0.4, -0.2) is 22.6 Å². The van der Waals surface area contributed by atoms with Gasteiger partial charge in [0.05, 0.1) is 0 Å². The third kappa shape index (κ3) is 2.15. The zero-order valence-corrected chi connectivity index (χ0v) is 9.79. The van der Waals surface area contributed by atoms with Crippen LogP contribution in [0.5, 0.6) is 5.75 Å². The van der Waals surface area contributed by atoms with Crippen molar-refractivity contribution >= 4 is 11.6 Å². The van der Waals surface area contributed by atoms with Gasteiger partial charge < -0.3 is 14.6 Å². The maximum absolute atomic E-state index is 12.2. The van der Waals surface area contributed by atoms with Crippen LogP contribution in [0, 0.1) is 0 Å². The number of carbonyl (C=O) groups is 1. The van der Waals surface area contributed by atoms with Gasteiger partial charge in [-0.2, -0.15) is 0 Å². The van der Waals surface area contributed by atoms with E-state index in [1.54, 1.807) is 46.8 Å². The molecule has 4 heteroatoms. The minimum atomic E-state index is -0.0804. The zero-order valence-electron chi connectivity index (χ0n) is 9.79. The van der Waals surface area contributed by atoms with Gasteiger partial charge in [0, 0.05) is 26.0 Å². The first-order valence-corrected chi connectivity index (χ1v) is 5.28. The molecule has 0 atom stereocenters. The Labute approximate surface area is 99.7 Å². The summed E-state index contributed by atoms with van der Waals surface area (Å²) in [6.07, 6.45) is 1.83. The normalized spacial score (nSPS) is 10.2. The summed E-state index contributed by atoms with van der Waals surface area (Å²) < 4.78 is 1.78. The second-order valence-corrected chi connectivity index (χ2v) is 3.88. The van der Waals surface area contributed by atoms with Crippen LogP contribution in [0.2, 0.25) is 0 Å². The number of hydrogen-bond acceptors (Lipinski definition) is 2. The number of anilines is 1. The second kappa shape index (κ2) is 4.33. The molecule has 0 bridgehead atoms. The molecule has 0 spiro atoms. The fraction of sp³-hybridized carbons (Fsp3) is 0.154. The van der Waals surface area contributed by atoms with Gasteiger partial charge in [-0.05, 0) is 36.4 Å². The summed E-state index contributed by atoms with van der Waals surface area (Å²) in [6.45, 7) is 0. The summed E-state index contributed by atoms with van der Waals surface area (Å²) >= 11 is 0. The van der Waals surface area contributed by atoms with E-state index in [1.807, 2.05) is 19.3 Å². The van der Waals surface area contributed by atoms with Crippen LogP contribution in [0.3, 0.4) is 0 Å². The molecule has 4 nitrogen and oxygen atoms in total. The molecule has 2 rings (SSSR count). The number of hydrogen-bond donors (Lipinski definition) is 1. The molecule has 0 fully saturated rings. The van der Waals surface area contributed by atoms with Gasteiger partial charge >= 0.3 is 0 Å². The van der Waals surface area contributed by atoms with Crippen molar-refractivity contribution in [2.24, 2.45) is 7.05 Å². The van der Waals surface area contributed by atoms with E-state index in [9.17, 15) is 9.90 Å². The molecule has 17 heavy (non-hydrogen) atoms. The largest absolute Gasteiger partial charge is 0.508 e. The average Bonchev–Trinajstić information content (AvgIpc) is 2.74. The molecule has 0 aliphatic rings. The predicted octanol–water partition coefficient (Wildman–Crippen LogP) is 2.01. The van der Waals surface area contributed by atoms with Crippen molar-refractivity contribution in [2.45, 2.75) is 0 Å². The number of aromatic hydroxyl groups is 1. The number of rotatable bonds is 2. The Balaban J connectivity index is 2.26. The lowest BCUT2D eigenvalue weighted by Gasteiger charge is -2.17. The van der Waals surface area contributed by atoms with Gasteiger partial charge in [-0.15, -0.1) is 0 Å². The predicted molar refractivity (Wildman–Crippen MR) is 66.3 cm³/mol. The van der Waals surface area contributed by atoms with Crippen molar-refractivity contribution < 1.29 is 9.90 Å². The van der Waals surface area contributed by atoms with Crippen molar-refractivity contribution in [3.8, 4) is 5.75 Å². The lowest BCUT2D eigenvalue weighted by atomic mass is 10.2. The molecule has 1 N–H and O–H groups in total. The Bertz CT molecular complexity index is 529. The molecule has 1 aromatic carbocycles. The zero-order chi connectivity index (χ0) is 12.4. The van der Waals surface area contributed by atoms with Gasteiger partial charge in [0.15, 0.2) is 0 Å². The number of carbonyl (C=O) groups excluding carboxylic acids is 1. The van der Waals surface area contributed by atoms with Crippen LogP contribution < -0.4 is 4.90 Å². The van der Waals surface area contributed by atoms with Gasteiger partial charge in [-0.1, -0.05) is 0 Å². The molecule has 88 valence electrons. The molecule has 1 aromatic heterocycles. The fourth-order valence-corrected chi connectivity index (χ4v) is 1.65. The molecule has 0 aliphatic carbocycles. The van der Waals surface area contributed by atoms with Crippen LogP contribution >= 0.6 is 0 Å². The molecule has 0 saturated heterocycles. The lowest BCUT2D eigenvalue weighted by molar-refractivity contribution is 0.0985. The van der Waals surface area contributed by atoms with E-state index in [0.29, 0.717) is 5.69 Å². The van der Waals surface area contributed by atoms with Crippen LogP contribution in [0.1, 0.15) is 10.5 Å². The summed E-state index contributed by atoms with van der Waals surface area (Å²) in [7, 11) is 3.54. The molecule has 0 aliphatic heterocycles. The Kier molecular flexibility index (Phi) is 2.87. The van der Waals surface area contributed by atoms with Gasteiger partial charge in [0.25, 0.3) is 5.91 Å². The summed E-state index contributed by atoms with van der Waals surface area (Å²) in [6, 6.07) is 10.1. The van der Waals surface area contributed by atoms with E-state index >= 15 is 0 Å². The minimum Gasteiger partial charge on any atom is -0.508 e. The van der Waals surface area contributed by atoms with Gasteiger partial charge in [0.1, 0.15) is 11.4 Å². The molecule has 1 heterocycles. The highest BCUT2D eigenvalue weighted by Gasteiger charge is 2.15. The number of amides is 1. The maximum atomic E-state index is 12.2. The fourth-order valence-electron chi connectivity index (χ4n) is 1.65. The summed E-state index contributed by atoms with van der Waals surface area (Å²) in [4.78, 5) is 13.7. The monoisotopic (exact) mass is 230 g/mol. The minimum absolute atomic E-state index is 0.0804. The Morgan fingerprint density at radius 2 is 1.88 bits per heavy atom. The molecule has 1 amide bonds. The van der Waals surface area contributed by atoms with Crippen molar-refractivity contribution in [1.29, 1.82) is 0 Å². The van der Waals surface area contributed by atoms with Crippen molar-refractivity contribution in [3.05, 3.63) is 48.3 Å². The number of aryl methyl sites for hydroxylation is 1. The maximum Gasteiger partial charge on any atom is 0.274 e. The average molecular weight is 230 g/mol. The summed E-state index contributed by atoms with van der Waals surface area (Å²) in [5.74, 6) is 0.108. The topological polar surface area (TPSA) is 45.5 Å². The van der Waals surface area contributed by atoms with E-state index in [4.69, 9.17) is 0 Å². The summed E-state index contributed by atoms with van der Waals surface area (Å²) in [5, 5.41) is 9.20.